The first-order valence-electron chi connectivity index (χ1n) is 6.06. The summed E-state index contributed by atoms with van der Waals surface area (Å²) in [5.74, 6) is 0.192. The van der Waals surface area contributed by atoms with E-state index in [0.29, 0.717) is 22.6 Å². The number of carbonyl (C=O) groups excluding carboxylic acids is 1. The minimum absolute atomic E-state index is 0.230. The summed E-state index contributed by atoms with van der Waals surface area (Å²) in [6.07, 6.45) is 0. The van der Waals surface area contributed by atoms with E-state index in [9.17, 15) is 4.79 Å². The SMILES string of the molecule is COc1cc(Br)ccc1C(=O)Nc1ccccc1C(N)=S. The standard InChI is InChI=1S/C15H13BrN2O2S/c1-20-13-8-9(16)6-7-11(13)15(19)18-12-5-3-2-4-10(12)14(17)21/h2-8H,1H3,(H2,17,21)(H,18,19). The predicted octanol–water partition coefficient (Wildman–Crippen LogP) is 3.34. The van der Waals surface area contributed by atoms with Gasteiger partial charge in [-0.3, -0.25) is 4.79 Å². The molecule has 0 saturated heterocycles. The largest absolute Gasteiger partial charge is 0.496 e. The first-order chi connectivity index (χ1) is 10.0. The fourth-order valence-electron chi connectivity index (χ4n) is 1.85. The van der Waals surface area contributed by atoms with Gasteiger partial charge in [0.25, 0.3) is 5.91 Å². The van der Waals surface area contributed by atoms with Gasteiger partial charge < -0.3 is 15.8 Å². The van der Waals surface area contributed by atoms with Crippen LogP contribution in [-0.2, 0) is 0 Å². The van der Waals surface area contributed by atoms with Crippen molar-refractivity contribution in [2.24, 2.45) is 5.73 Å². The predicted molar refractivity (Wildman–Crippen MR) is 91.0 cm³/mol. The highest BCUT2D eigenvalue weighted by molar-refractivity contribution is 9.10. The van der Waals surface area contributed by atoms with Crippen LogP contribution in [0.5, 0.6) is 5.75 Å². The van der Waals surface area contributed by atoms with Gasteiger partial charge in [-0.1, -0.05) is 40.3 Å². The number of halogens is 1. The van der Waals surface area contributed by atoms with E-state index in [4.69, 9.17) is 22.7 Å². The molecule has 2 aromatic rings. The third-order valence-corrected chi connectivity index (χ3v) is 3.56. The molecule has 3 N–H and O–H groups in total. The maximum atomic E-state index is 12.4. The van der Waals surface area contributed by atoms with E-state index < -0.39 is 0 Å². The maximum Gasteiger partial charge on any atom is 0.259 e. The lowest BCUT2D eigenvalue weighted by Crippen LogP contribution is -2.18. The number of amides is 1. The molecule has 2 aromatic carbocycles. The monoisotopic (exact) mass is 364 g/mol. The van der Waals surface area contributed by atoms with Crippen molar-refractivity contribution in [3.05, 3.63) is 58.1 Å². The van der Waals surface area contributed by atoms with Crippen molar-refractivity contribution in [1.29, 1.82) is 0 Å². The highest BCUT2D eigenvalue weighted by Gasteiger charge is 2.14. The Kier molecular flexibility index (Phi) is 4.93. The zero-order chi connectivity index (χ0) is 15.4. The van der Waals surface area contributed by atoms with Crippen LogP contribution in [-0.4, -0.2) is 18.0 Å². The van der Waals surface area contributed by atoms with Crippen LogP contribution in [0.2, 0.25) is 0 Å². The van der Waals surface area contributed by atoms with Crippen molar-refractivity contribution in [1.82, 2.24) is 0 Å². The van der Waals surface area contributed by atoms with Gasteiger partial charge in [-0.15, -0.1) is 0 Å². The number of nitrogens with one attached hydrogen (secondary N) is 1. The molecule has 0 atom stereocenters. The number of ether oxygens (including phenoxy) is 1. The summed E-state index contributed by atoms with van der Waals surface area (Å²) in [6, 6.07) is 12.3. The second-order valence-electron chi connectivity index (χ2n) is 4.21. The molecule has 0 heterocycles. The lowest BCUT2D eigenvalue weighted by molar-refractivity contribution is 0.102. The van der Waals surface area contributed by atoms with Crippen molar-refractivity contribution >= 4 is 44.7 Å². The molecule has 0 aliphatic carbocycles. The zero-order valence-electron chi connectivity index (χ0n) is 11.2. The van der Waals surface area contributed by atoms with E-state index in [1.807, 2.05) is 6.07 Å². The molecule has 0 radical (unpaired) electrons. The Balaban J connectivity index is 2.33. The van der Waals surface area contributed by atoms with Crippen molar-refractivity contribution in [2.75, 3.05) is 12.4 Å². The molecule has 1 amide bonds. The number of para-hydroxylation sites is 1. The molecule has 0 fully saturated rings. The maximum absolute atomic E-state index is 12.4. The minimum atomic E-state index is -0.289. The van der Waals surface area contributed by atoms with Crippen molar-refractivity contribution in [3.63, 3.8) is 0 Å². The summed E-state index contributed by atoms with van der Waals surface area (Å²) >= 11 is 8.32. The summed E-state index contributed by atoms with van der Waals surface area (Å²) in [6.45, 7) is 0. The molecule has 0 unspecified atom stereocenters. The third-order valence-electron chi connectivity index (χ3n) is 2.85. The van der Waals surface area contributed by atoms with Gasteiger partial charge >= 0.3 is 0 Å². The van der Waals surface area contributed by atoms with Crippen molar-refractivity contribution in [2.45, 2.75) is 0 Å². The molecule has 0 saturated carbocycles. The molecule has 21 heavy (non-hydrogen) atoms. The van der Waals surface area contributed by atoms with E-state index in [-0.39, 0.29) is 10.9 Å². The van der Waals surface area contributed by atoms with Crippen LogP contribution in [0.25, 0.3) is 0 Å². The molecule has 0 bridgehead atoms. The third kappa shape index (κ3) is 3.59. The first-order valence-corrected chi connectivity index (χ1v) is 7.26. The van der Waals surface area contributed by atoms with Crippen LogP contribution in [0.15, 0.2) is 46.9 Å². The van der Waals surface area contributed by atoms with E-state index in [1.165, 1.54) is 7.11 Å². The van der Waals surface area contributed by atoms with Gasteiger partial charge in [0.15, 0.2) is 0 Å². The fraction of sp³-hybridized carbons (Fsp3) is 0.0667. The van der Waals surface area contributed by atoms with Crippen LogP contribution in [0.4, 0.5) is 5.69 Å². The Morgan fingerprint density at radius 2 is 1.95 bits per heavy atom. The zero-order valence-corrected chi connectivity index (χ0v) is 13.6. The quantitative estimate of drug-likeness (QED) is 0.816. The molecule has 4 nitrogen and oxygen atoms in total. The summed E-state index contributed by atoms with van der Waals surface area (Å²) < 4.78 is 6.05. The number of nitrogens with two attached hydrogens (primary N) is 1. The Bertz CT molecular complexity index is 704. The Labute approximate surface area is 136 Å². The normalized spacial score (nSPS) is 10.0. The number of carbonyl (C=O) groups is 1. The van der Waals surface area contributed by atoms with E-state index in [1.54, 1.807) is 36.4 Å². The van der Waals surface area contributed by atoms with Gasteiger partial charge in [-0.2, -0.15) is 0 Å². The summed E-state index contributed by atoms with van der Waals surface area (Å²) in [5.41, 5.74) is 7.27. The molecule has 0 aromatic heterocycles. The van der Waals surface area contributed by atoms with Crippen LogP contribution >= 0.6 is 28.1 Å². The number of thiocarbonyl (C=S) groups is 1. The number of benzene rings is 2. The number of rotatable bonds is 4. The number of hydrogen-bond donors (Lipinski definition) is 2. The lowest BCUT2D eigenvalue weighted by atomic mass is 10.1. The Morgan fingerprint density at radius 3 is 2.62 bits per heavy atom. The van der Waals surface area contributed by atoms with Crippen LogP contribution in [0.1, 0.15) is 15.9 Å². The second-order valence-corrected chi connectivity index (χ2v) is 5.56. The molecular weight excluding hydrogens is 352 g/mol. The highest BCUT2D eigenvalue weighted by Crippen LogP contribution is 2.25. The van der Waals surface area contributed by atoms with Crippen LogP contribution < -0.4 is 15.8 Å². The summed E-state index contributed by atoms with van der Waals surface area (Å²) in [4.78, 5) is 12.6. The van der Waals surface area contributed by atoms with Gasteiger partial charge in [-0.05, 0) is 30.3 Å². The number of hydrogen-bond acceptors (Lipinski definition) is 3. The molecule has 0 aliphatic rings. The molecule has 2 rings (SSSR count). The first kappa shape index (κ1) is 15.5. The number of methoxy groups -OCH3 is 1. The Hall–Kier alpha value is -1.92. The van der Waals surface area contributed by atoms with Gasteiger partial charge in [-0.25, -0.2) is 0 Å². The molecular formula is C15H13BrN2O2S. The van der Waals surface area contributed by atoms with E-state index in [0.717, 1.165) is 4.47 Å². The average molecular weight is 365 g/mol. The van der Waals surface area contributed by atoms with E-state index in [2.05, 4.69) is 21.2 Å². The van der Waals surface area contributed by atoms with Gasteiger partial charge in [0, 0.05) is 10.0 Å². The second kappa shape index (κ2) is 6.69. The average Bonchev–Trinajstić information content (AvgIpc) is 2.47. The summed E-state index contributed by atoms with van der Waals surface area (Å²) in [5, 5.41) is 2.80. The van der Waals surface area contributed by atoms with Crippen LogP contribution in [0.3, 0.4) is 0 Å². The highest BCUT2D eigenvalue weighted by atomic mass is 79.9. The van der Waals surface area contributed by atoms with Crippen molar-refractivity contribution in [3.8, 4) is 5.75 Å². The minimum Gasteiger partial charge on any atom is -0.496 e. The van der Waals surface area contributed by atoms with Gasteiger partial charge in [0.05, 0.1) is 18.4 Å². The topological polar surface area (TPSA) is 64.3 Å². The van der Waals surface area contributed by atoms with Gasteiger partial charge in [0.1, 0.15) is 10.7 Å². The van der Waals surface area contributed by atoms with Gasteiger partial charge in [0.2, 0.25) is 0 Å². The molecule has 6 heteroatoms. The van der Waals surface area contributed by atoms with Crippen molar-refractivity contribution < 1.29 is 9.53 Å². The molecule has 108 valence electrons. The molecule has 0 aliphatic heterocycles. The Morgan fingerprint density at radius 1 is 1.24 bits per heavy atom. The lowest BCUT2D eigenvalue weighted by Gasteiger charge is -2.12. The smallest absolute Gasteiger partial charge is 0.259 e. The fourth-order valence-corrected chi connectivity index (χ4v) is 2.37. The van der Waals surface area contributed by atoms with Crippen LogP contribution in [0, 0.1) is 0 Å². The summed E-state index contributed by atoms with van der Waals surface area (Å²) in [7, 11) is 1.52. The van der Waals surface area contributed by atoms with E-state index >= 15 is 0 Å². The molecule has 0 spiro atoms. The number of anilines is 1.